The van der Waals surface area contributed by atoms with Crippen molar-refractivity contribution in [1.29, 1.82) is 0 Å². The molecule has 1 aromatic carbocycles. The largest absolute Gasteiger partial charge is 0.454 e. The molecule has 0 saturated carbocycles. The van der Waals surface area contributed by atoms with Crippen LogP contribution in [0.1, 0.15) is 18.2 Å². The zero-order chi connectivity index (χ0) is 12.5. The molecule has 88 valence electrons. The Kier molecular flexibility index (Phi) is 2.40. The summed E-state index contributed by atoms with van der Waals surface area (Å²) in [6.07, 6.45) is 5.41. The van der Waals surface area contributed by atoms with Crippen LogP contribution in [0.3, 0.4) is 0 Å². The van der Waals surface area contributed by atoms with E-state index in [-0.39, 0.29) is 5.91 Å². The molecule has 0 spiro atoms. The monoisotopic (exact) mass is 237 g/mol. The van der Waals surface area contributed by atoms with Crippen LogP contribution in [-0.4, -0.2) is 5.91 Å². The summed E-state index contributed by atoms with van der Waals surface area (Å²) in [6.45, 7) is 1.48. The number of hydrogen-bond donors (Lipinski definition) is 1. The SMILES string of the molecule is CC(=O)NC1=CC=C=Cc2c1oc1ccccc21. The van der Waals surface area contributed by atoms with Crippen LogP contribution in [-0.2, 0) is 4.79 Å². The number of para-hydroxylation sites is 1. The fraction of sp³-hybridized carbons (Fsp3) is 0.0667. The number of fused-ring (bicyclic) bond motifs is 3. The molecule has 1 aliphatic carbocycles. The number of carbonyl (C=O) groups excluding carboxylic acids is 1. The molecule has 0 fully saturated rings. The zero-order valence-electron chi connectivity index (χ0n) is 9.86. The number of amides is 1. The van der Waals surface area contributed by atoms with E-state index >= 15 is 0 Å². The molecule has 0 aliphatic heterocycles. The molecular weight excluding hydrogens is 226 g/mol. The topological polar surface area (TPSA) is 42.2 Å². The third-order valence-corrected chi connectivity index (χ3v) is 2.76. The van der Waals surface area contributed by atoms with Crippen molar-refractivity contribution in [3.8, 4) is 0 Å². The summed E-state index contributed by atoms with van der Waals surface area (Å²) in [5.41, 5.74) is 5.46. The van der Waals surface area contributed by atoms with Crippen molar-refractivity contribution in [3.05, 3.63) is 53.5 Å². The number of hydrogen-bond acceptors (Lipinski definition) is 2. The second-order valence-electron chi connectivity index (χ2n) is 4.08. The summed E-state index contributed by atoms with van der Waals surface area (Å²) < 4.78 is 5.81. The van der Waals surface area contributed by atoms with Gasteiger partial charge >= 0.3 is 0 Å². The number of allylic oxidation sites excluding steroid dienone is 2. The van der Waals surface area contributed by atoms with Gasteiger partial charge in [-0.05, 0) is 24.3 Å². The smallest absolute Gasteiger partial charge is 0.221 e. The minimum Gasteiger partial charge on any atom is -0.454 e. The lowest BCUT2D eigenvalue weighted by Gasteiger charge is -2.04. The van der Waals surface area contributed by atoms with E-state index in [0.29, 0.717) is 11.5 Å². The molecule has 0 bridgehead atoms. The summed E-state index contributed by atoms with van der Waals surface area (Å²) in [5, 5.41) is 3.80. The number of benzene rings is 1. The van der Waals surface area contributed by atoms with Gasteiger partial charge in [0, 0.05) is 17.9 Å². The lowest BCUT2D eigenvalue weighted by molar-refractivity contribution is -0.117. The number of carbonyl (C=O) groups is 1. The lowest BCUT2D eigenvalue weighted by atomic mass is 10.1. The van der Waals surface area contributed by atoms with Crippen LogP contribution in [0.15, 0.2) is 46.6 Å². The van der Waals surface area contributed by atoms with E-state index in [1.54, 1.807) is 12.2 Å². The summed E-state index contributed by atoms with van der Waals surface area (Å²) in [5.74, 6) is 0.551. The van der Waals surface area contributed by atoms with Crippen LogP contribution in [0, 0.1) is 0 Å². The van der Waals surface area contributed by atoms with E-state index in [2.05, 4.69) is 11.0 Å². The average Bonchev–Trinajstić information content (AvgIpc) is 2.61. The second kappa shape index (κ2) is 4.06. The minimum absolute atomic E-state index is 0.122. The van der Waals surface area contributed by atoms with Crippen LogP contribution in [0.25, 0.3) is 22.7 Å². The first-order chi connectivity index (χ1) is 8.75. The summed E-state index contributed by atoms with van der Waals surface area (Å²) in [4.78, 5) is 11.2. The Hall–Kier alpha value is -2.51. The molecule has 3 heteroatoms. The van der Waals surface area contributed by atoms with Crippen molar-refractivity contribution in [2.24, 2.45) is 0 Å². The number of rotatable bonds is 1. The molecule has 1 heterocycles. The van der Waals surface area contributed by atoms with E-state index in [1.165, 1.54) is 6.92 Å². The summed E-state index contributed by atoms with van der Waals surface area (Å²) >= 11 is 0. The third kappa shape index (κ3) is 1.67. The Labute approximate surface area is 104 Å². The first kappa shape index (κ1) is 10.6. The number of nitrogens with one attached hydrogen (secondary N) is 1. The summed E-state index contributed by atoms with van der Waals surface area (Å²) in [7, 11) is 0. The van der Waals surface area contributed by atoms with Gasteiger partial charge in [0.25, 0.3) is 0 Å². The van der Waals surface area contributed by atoms with Crippen molar-refractivity contribution in [2.45, 2.75) is 6.92 Å². The van der Waals surface area contributed by atoms with E-state index in [0.717, 1.165) is 16.5 Å². The Morgan fingerprint density at radius 2 is 2.17 bits per heavy atom. The maximum Gasteiger partial charge on any atom is 0.221 e. The van der Waals surface area contributed by atoms with Crippen molar-refractivity contribution < 1.29 is 9.21 Å². The van der Waals surface area contributed by atoms with E-state index < -0.39 is 0 Å². The standard InChI is InChI=1S/C15H11NO2/c1-10(17)16-13-8-4-2-7-12-11-6-3-5-9-14(11)18-15(12)13/h3-9H,1H3,(H,16,17). The second-order valence-corrected chi connectivity index (χ2v) is 4.08. The molecule has 3 rings (SSSR count). The third-order valence-electron chi connectivity index (χ3n) is 2.76. The predicted octanol–water partition coefficient (Wildman–Crippen LogP) is 3.09. The molecule has 3 nitrogen and oxygen atoms in total. The van der Waals surface area contributed by atoms with E-state index in [4.69, 9.17) is 4.42 Å². The van der Waals surface area contributed by atoms with Crippen LogP contribution in [0.2, 0.25) is 0 Å². The number of furan rings is 1. The van der Waals surface area contributed by atoms with Crippen molar-refractivity contribution >= 4 is 28.6 Å². The fourth-order valence-corrected chi connectivity index (χ4v) is 2.04. The van der Waals surface area contributed by atoms with Gasteiger partial charge in [-0.1, -0.05) is 18.2 Å². The maximum atomic E-state index is 11.2. The van der Waals surface area contributed by atoms with Gasteiger partial charge < -0.3 is 9.73 Å². The first-order valence-electron chi connectivity index (χ1n) is 5.68. The van der Waals surface area contributed by atoms with Gasteiger partial charge in [0.05, 0.1) is 5.70 Å². The molecule has 18 heavy (non-hydrogen) atoms. The quantitative estimate of drug-likeness (QED) is 0.774. The molecule has 1 aromatic heterocycles. The Bertz CT molecular complexity index is 728. The highest BCUT2D eigenvalue weighted by molar-refractivity contribution is 5.95. The van der Waals surface area contributed by atoms with Gasteiger partial charge in [0.2, 0.25) is 5.91 Å². The summed E-state index contributed by atoms with van der Waals surface area (Å²) in [6, 6.07) is 7.79. The fourth-order valence-electron chi connectivity index (χ4n) is 2.04. The van der Waals surface area contributed by atoms with Gasteiger partial charge in [-0.2, -0.15) is 0 Å². The Morgan fingerprint density at radius 1 is 1.33 bits per heavy atom. The highest BCUT2D eigenvalue weighted by Gasteiger charge is 2.17. The molecule has 0 radical (unpaired) electrons. The highest BCUT2D eigenvalue weighted by atomic mass is 16.3. The van der Waals surface area contributed by atoms with Crippen LogP contribution in [0.5, 0.6) is 0 Å². The van der Waals surface area contributed by atoms with Crippen molar-refractivity contribution in [2.75, 3.05) is 0 Å². The average molecular weight is 237 g/mol. The highest BCUT2D eigenvalue weighted by Crippen LogP contribution is 2.31. The van der Waals surface area contributed by atoms with Gasteiger partial charge in [-0.25, -0.2) is 0 Å². The van der Waals surface area contributed by atoms with Crippen LogP contribution < -0.4 is 5.32 Å². The lowest BCUT2D eigenvalue weighted by Crippen LogP contribution is -2.17. The Morgan fingerprint density at radius 3 is 3.00 bits per heavy atom. The minimum atomic E-state index is -0.122. The van der Waals surface area contributed by atoms with Crippen molar-refractivity contribution in [3.63, 3.8) is 0 Å². The molecule has 1 N–H and O–H groups in total. The molecule has 0 unspecified atom stereocenters. The van der Waals surface area contributed by atoms with E-state index in [1.807, 2.05) is 30.3 Å². The molecule has 0 atom stereocenters. The van der Waals surface area contributed by atoms with Gasteiger partial charge in [-0.3, -0.25) is 4.79 Å². The van der Waals surface area contributed by atoms with E-state index in [9.17, 15) is 4.79 Å². The molecule has 1 aliphatic rings. The van der Waals surface area contributed by atoms with Crippen LogP contribution in [0.4, 0.5) is 0 Å². The zero-order valence-corrected chi connectivity index (χ0v) is 9.86. The van der Waals surface area contributed by atoms with Crippen molar-refractivity contribution in [1.82, 2.24) is 5.32 Å². The molecule has 2 aromatic rings. The normalized spacial score (nSPS) is 13.1. The van der Waals surface area contributed by atoms with Crippen LogP contribution >= 0.6 is 0 Å². The molecular formula is C15H11NO2. The molecule has 1 amide bonds. The first-order valence-corrected chi connectivity index (χ1v) is 5.68. The molecule has 0 saturated heterocycles. The van der Waals surface area contributed by atoms with Gasteiger partial charge in [-0.15, -0.1) is 5.73 Å². The van der Waals surface area contributed by atoms with Gasteiger partial charge in [0.15, 0.2) is 5.76 Å². The van der Waals surface area contributed by atoms with Gasteiger partial charge in [0.1, 0.15) is 5.58 Å². The Balaban J connectivity index is 2.26. The maximum absolute atomic E-state index is 11.2. The predicted molar refractivity (Wildman–Crippen MR) is 70.6 cm³/mol.